The number of aliphatic carboxylic acids is 1. The zero-order valence-corrected chi connectivity index (χ0v) is 21.1. The minimum Gasteiger partial charge on any atom is -0.497 e. The number of nitrogens with zero attached hydrogens (tertiary/aromatic N) is 1. The number of carbonyl (C=O) groups is 1. The number of benzene rings is 2. The van der Waals surface area contributed by atoms with Gasteiger partial charge in [0.25, 0.3) is 0 Å². The lowest BCUT2D eigenvalue weighted by Crippen LogP contribution is -2.32. The van der Waals surface area contributed by atoms with Crippen LogP contribution < -0.4 is 15.4 Å². The highest BCUT2D eigenvalue weighted by atomic mass is 19.1. The Balaban J connectivity index is 1.41. The summed E-state index contributed by atoms with van der Waals surface area (Å²) in [4.78, 5) is 19.6. The van der Waals surface area contributed by atoms with Gasteiger partial charge in [0.1, 0.15) is 23.4 Å². The maximum Gasteiger partial charge on any atom is 0.326 e. The summed E-state index contributed by atoms with van der Waals surface area (Å²) in [6.45, 7) is 4.28. The summed E-state index contributed by atoms with van der Waals surface area (Å²) in [5, 5.41) is 16.3. The molecule has 2 aromatic heterocycles. The van der Waals surface area contributed by atoms with Crippen LogP contribution >= 0.6 is 0 Å². The number of methoxy groups -OCH3 is 1. The topological polar surface area (TPSA) is 99.3 Å². The number of hydrogen-bond donors (Lipinski definition) is 4. The third-order valence-electron chi connectivity index (χ3n) is 6.28. The molecule has 0 spiro atoms. The molecular weight excluding hydrogens is 471 g/mol. The molecule has 0 aliphatic carbocycles. The second kappa shape index (κ2) is 11.6. The number of carboxylic acids is 1. The summed E-state index contributed by atoms with van der Waals surface area (Å²) in [6, 6.07) is 15.6. The molecule has 0 saturated heterocycles. The van der Waals surface area contributed by atoms with Gasteiger partial charge in [0.15, 0.2) is 0 Å². The van der Waals surface area contributed by atoms with Crippen molar-refractivity contribution in [3.8, 4) is 16.9 Å². The van der Waals surface area contributed by atoms with Crippen LogP contribution in [0.5, 0.6) is 5.75 Å². The predicted octanol–water partition coefficient (Wildman–Crippen LogP) is 5.82. The molecule has 0 saturated carbocycles. The Hall–Kier alpha value is -4.33. The number of aryl methyl sites for hydroxylation is 2. The van der Waals surface area contributed by atoms with Crippen LogP contribution in [0.25, 0.3) is 11.1 Å². The molecule has 0 aliphatic heterocycles. The van der Waals surface area contributed by atoms with Gasteiger partial charge in [-0.15, -0.1) is 0 Å². The zero-order valence-electron chi connectivity index (χ0n) is 21.1. The van der Waals surface area contributed by atoms with Gasteiger partial charge in [-0.1, -0.05) is 31.2 Å². The summed E-state index contributed by atoms with van der Waals surface area (Å²) < 4.78 is 19.0. The first-order valence-corrected chi connectivity index (χ1v) is 12.1. The van der Waals surface area contributed by atoms with Crippen molar-refractivity contribution in [3.05, 3.63) is 95.2 Å². The number of nitrogens with one attached hydrogen (secondary N) is 3. The van der Waals surface area contributed by atoms with Gasteiger partial charge < -0.3 is 25.5 Å². The normalized spacial score (nSPS) is 11.7. The number of aromatic nitrogens is 2. The molecule has 2 aromatic carbocycles. The van der Waals surface area contributed by atoms with E-state index < -0.39 is 12.0 Å². The van der Waals surface area contributed by atoms with E-state index in [1.54, 1.807) is 26.3 Å². The Morgan fingerprint density at radius 1 is 1.14 bits per heavy atom. The van der Waals surface area contributed by atoms with Gasteiger partial charge in [0, 0.05) is 36.3 Å². The maximum absolute atomic E-state index is 13.8. The van der Waals surface area contributed by atoms with Crippen molar-refractivity contribution in [2.45, 2.75) is 39.3 Å². The second-order valence-electron chi connectivity index (χ2n) is 8.89. The van der Waals surface area contributed by atoms with Crippen molar-refractivity contribution in [1.29, 1.82) is 0 Å². The molecule has 1 unspecified atom stereocenters. The van der Waals surface area contributed by atoms with Gasteiger partial charge >= 0.3 is 5.97 Å². The molecule has 0 radical (unpaired) electrons. The number of halogens is 1. The Morgan fingerprint density at radius 3 is 2.62 bits per heavy atom. The minimum absolute atomic E-state index is 0.297. The molecule has 0 aliphatic rings. The second-order valence-corrected chi connectivity index (χ2v) is 8.89. The highest BCUT2D eigenvalue weighted by Crippen LogP contribution is 2.26. The van der Waals surface area contributed by atoms with Crippen molar-refractivity contribution in [1.82, 2.24) is 9.97 Å². The van der Waals surface area contributed by atoms with E-state index in [-0.39, 0.29) is 5.82 Å². The van der Waals surface area contributed by atoms with Gasteiger partial charge in [-0.2, -0.15) is 0 Å². The van der Waals surface area contributed by atoms with Gasteiger partial charge in [0.05, 0.1) is 13.7 Å². The van der Waals surface area contributed by atoms with E-state index >= 15 is 0 Å². The molecule has 1 atom stereocenters. The lowest BCUT2D eigenvalue weighted by Gasteiger charge is -2.20. The zero-order chi connectivity index (χ0) is 26.4. The molecule has 4 aromatic rings. The Labute approximate surface area is 215 Å². The van der Waals surface area contributed by atoms with E-state index in [0.717, 1.165) is 39.5 Å². The monoisotopic (exact) mass is 502 g/mol. The van der Waals surface area contributed by atoms with E-state index in [4.69, 9.17) is 4.74 Å². The molecule has 2 heterocycles. The summed E-state index contributed by atoms with van der Waals surface area (Å²) in [5.74, 6) is 0.193. The number of aromatic amines is 1. The first kappa shape index (κ1) is 25.8. The largest absolute Gasteiger partial charge is 0.497 e. The van der Waals surface area contributed by atoms with Gasteiger partial charge in [-0.05, 0) is 65.4 Å². The molecule has 0 bridgehead atoms. The molecule has 0 amide bonds. The molecule has 0 fully saturated rings. The lowest BCUT2D eigenvalue weighted by atomic mass is 10.00. The van der Waals surface area contributed by atoms with Crippen molar-refractivity contribution >= 4 is 17.5 Å². The van der Waals surface area contributed by atoms with Crippen molar-refractivity contribution in [3.63, 3.8) is 0 Å². The van der Waals surface area contributed by atoms with Crippen LogP contribution in [0.15, 0.2) is 67.0 Å². The Bertz CT molecular complexity index is 1370. The average molecular weight is 503 g/mol. The summed E-state index contributed by atoms with van der Waals surface area (Å²) in [7, 11) is 1.62. The molecule has 37 heavy (non-hydrogen) atoms. The van der Waals surface area contributed by atoms with E-state index in [1.165, 1.54) is 12.1 Å². The van der Waals surface area contributed by atoms with E-state index in [2.05, 4.69) is 26.7 Å². The number of ether oxygens (including phenoxy) is 1. The smallest absolute Gasteiger partial charge is 0.326 e. The highest BCUT2D eigenvalue weighted by Gasteiger charge is 2.20. The summed E-state index contributed by atoms with van der Waals surface area (Å²) in [5.41, 5.74) is 6.09. The molecular formula is C29H31FN4O3. The molecule has 7 nitrogen and oxygen atoms in total. The van der Waals surface area contributed by atoms with E-state index in [9.17, 15) is 14.3 Å². The predicted molar refractivity (Wildman–Crippen MR) is 144 cm³/mol. The Kier molecular flexibility index (Phi) is 8.08. The van der Waals surface area contributed by atoms with Crippen LogP contribution in [0.3, 0.4) is 0 Å². The Morgan fingerprint density at radius 2 is 1.92 bits per heavy atom. The quantitative estimate of drug-likeness (QED) is 0.206. The molecule has 192 valence electrons. The van der Waals surface area contributed by atoms with E-state index in [0.29, 0.717) is 30.6 Å². The third kappa shape index (κ3) is 6.46. The fraction of sp³-hybridized carbons (Fsp3) is 0.241. The first-order valence-electron chi connectivity index (χ1n) is 12.1. The molecule has 4 rings (SSSR count). The first-order chi connectivity index (χ1) is 17.9. The highest BCUT2D eigenvalue weighted by molar-refractivity contribution is 5.79. The van der Waals surface area contributed by atoms with Crippen LogP contribution in [-0.2, 0) is 24.2 Å². The fourth-order valence-corrected chi connectivity index (χ4v) is 4.27. The van der Waals surface area contributed by atoms with Crippen LogP contribution in [0, 0.1) is 12.7 Å². The number of rotatable bonds is 11. The number of carboxylic acid groups (broad SMARTS) is 1. The number of hydrogen-bond acceptors (Lipinski definition) is 5. The number of H-pyrrole nitrogens is 1. The fourth-order valence-electron chi connectivity index (χ4n) is 4.27. The molecule has 8 heteroatoms. The van der Waals surface area contributed by atoms with Crippen molar-refractivity contribution in [2.24, 2.45) is 0 Å². The standard InChI is InChI=1S/C29H31FN4O3/c1-4-20-13-23(30)11-18(2)28(20)34-26(29(35)36)12-19-5-7-21(8-6-19)22-14-24(32-16-22)17-33-27-15-25(37-3)9-10-31-27/h5-11,13-16,26,32,34H,4,12,17H2,1-3H3,(H,31,33)(H,35,36). The average Bonchev–Trinajstić information content (AvgIpc) is 3.37. The lowest BCUT2D eigenvalue weighted by molar-refractivity contribution is -0.137. The van der Waals surface area contributed by atoms with E-state index in [1.807, 2.05) is 43.5 Å². The summed E-state index contributed by atoms with van der Waals surface area (Å²) in [6.07, 6.45) is 4.53. The van der Waals surface area contributed by atoms with Crippen molar-refractivity contribution < 1.29 is 19.0 Å². The number of pyridine rings is 1. The summed E-state index contributed by atoms with van der Waals surface area (Å²) >= 11 is 0. The maximum atomic E-state index is 13.8. The number of anilines is 2. The minimum atomic E-state index is -0.955. The van der Waals surface area contributed by atoms with Crippen LogP contribution in [-0.4, -0.2) is 34.2 Å². The van der Waals surface area contributed by atoms with Gasteiger partial charge in [-0.25, -0.2) is 14.2 Å². The molecule has 4 N–H and O–H groups in total. The van der Waals surface area contributed by atoms with Crippen LogP contribution in [0.4, 0.5) is 15.9 Å². The van der Waals surface area contributed by atoms with Gasteiger partial charge in [-0.3, -0.25) is 0 Å². The van der Waals surface area contributed by atoms with Crippen molar-refractivity contribution in [2.75, 3.05) is 17.7 Å². The van der Waals surface area contributed by atoms with Gasteiger partial charge in [0.2, 0.25) is 0 Å². The SMILES string of the molecule is CCc1cc(F)cc(C)c1NC(Cc1ccc(-c2c[nH]c(CNc3cc(OC)ccn3)c2)cc1)C(=O)O. The van der Waals surface area contributed by atoms with Crippen LogP contribution in [0.2, 0.25) is 0 Å². The van der Waals surface area contributed by atoms with Crippen LogP contribution in [0.1, 0.15) is 29.3 Å². The third-order valence-corrected chi connectivity index (χ3v) is 6.28.